The third kappa shape index (κ3) is 2.84. The monoisotopic (exact) mass is 285 g/mol. The zero-order chi connectivity index (χ0) is 14.8. The van der Waals surface area contributed by atoms with Crippen LogP contribution in [0.3, 0.4) is 0 Å². The van der Waals surface area contributed by atoms with Crippen molar-refractivity contribution in [3.63, 3.8) is 0 Å². The van der Waals surface area contributed by atoms with E-state index in [0.717, 1.165) is 16.7 Å². The van der Waals surface area contributed by atoms with E-state index in [1.54, 1.807) is 0 Å². The Balaban J connectivity index is 1.71. The lowest BCUT2D eigenvalue weighted by Crippen LogP contribution is -2.34. The van der Waals surface area contributed by atoms with Gasteiger partial charge in [0.05, 0.1) is 22.4 Å². The van der Waals surface area contributed by atoms with Gasteiger partial charge < -0.3 is 10.1 Å². The summed E-state index contributed by atoms with van der Waals surface area (Å²) >= 11 is 0. The summed E-state index contributed by atoms with van der Waals surface area (Å²) in [5, 5.41) is 2.58. The first-order valence-corrected chi connectivity index (χ1v) is 6.82. The van der Waals surface area contributed by atoms with Gasteiger partial charge >= 0.3 is 5.97 Å². The molecule has 1 aliphatic heterocycles. The molecule has 0 aliphatic carbocycles. The summed E-state index contributed by atoms with van der Waals surface area (Å²) in [6.45, 7) is 1.90. The number of fused-ring (bicyclic) bond motifs is 1. The molecule has 3 rings (SSSR count). The number of hydrogen-bond acceptors (Lipinski definition) is 5. The normalized spacial score (nSPS) is 17.8. The molecule has 2 heterocycles. The highest BCUT2D eigenvalue weighted by atomic mass is 16.5. The van der Waals surface area contributed by atoms with Crippen LogP contribution in [0.1, 0.15) is 24.2 Å². The predicted molar refractivity (Wildman–Crippen MR) is 75.2 cm³/mol. The number of nitrogens with zero attached hydrogens (tertiary/aromatic N) is 2. The van der Waals surface area contributed by atoms with Crippen molar-refractivity contribution < 1.29 is 14.3 Å². The molecule has 2 aromatic rings. The molecular formula is C15H15N3O3. The zero-order valence-electron chi connectivity index (χ0n) is 11.6. The Hall–Kier alpha value is -2.50. The summed E-state index contributed by atoms with van der Waals surface area (Å²) in [4.78, 5) is 31.8. The van der Waals surface area contributed by atoms with E-state index in [0.29, 0.717) is 18.5 Å². The molecule has 1 saturated heterocycles. The zero-order valence-corrected chi connectivity index (χ0v) is 11.6. The molecule has 108 valence electrons. The van der Waals surface area contributed by atoms with Gasteiger partial charge in [-0.1, -0.05) is 12.1 Å². The molecule has 1 aliphatic rings. The minimum atomic E-state index is -0.536. The lowest BCUT2D eigenvalue weighted by atomic mass is 10.2. The Kier molecular flexibility index (Phi) is 3.51. The maximum atomic E-state index is 11.9. The van der Waals surface area contributed by atoms with Crippen LogP contribution in [-0.4, -0.2) is 27.9 Å². The van der Waals surface area contributed by atoms with Gasteiger partial charge in [0.2, 0.25) is 5.91 Å². The van der Waals surface area contributed by atoms with Crippen LogP contribution >= 0.6 is 0 Å². The van der Waals surface area contributed by atoms with Gasteiger partial charge in [-0.05, 0) is 25.5 Å². The standard InChI is InChI=1S/C15H15N3O3/c1-9-13(17-11-5-3-2-4-10(11)16-9)8-21-15(20)12-6-7-14(19)18-12/h2-5,12H,6-8H2,1H3,(H,18,19)/t12-/m0/s1. The summed E-state index contributed by atoms with van der Waals surface area (Å²) < 4.78 is 5.23. The minimum Gasteiger partial charge on any atom is -0.458 e. The number of aromatic nitrogens is 2. The number of para-hydroxylation sites is 2. The van der Waals surface area contributed by atoms with Crippen LogP contribution in [0.15, 0.2) is 24.3 Å². The molecule has 1 aromatic carbocycles. The molecule has 1 amide bonds. The van der Waals surface area contributed by atoms with Gasteiger partial charge in [0.1, 0.15) is 12.6 Å². The van der Waals surface area contributed by atoms with Gasteiger partial charge in [-0.3, -0.25) is 4.79 Å². The second-order valence-electron chi connectivity index (χ2n) is 5.01. The van der Waals surface area contributed by atoms with Crippen molar-refractivity contribution in [3.8, 4) is 0 Å². The molecule has 0 saturated carbocycles. The maximum absolute atomic E-state index is 11.9. The first-order chi connectivity index (χ1) is 10.1. The maximum Gasteiger partial charge on any atom is 0.329 e. The van der Waals surface area contributed by atoms with Crippen LogP contribution in [0.4, 0.5) is 0 Å². The molecule has 6 nitrogen and oxygen atoms in total. The fourth-order valence-electron chi connectivity index (χ4n) is 2.29. The van der Waals surface area contributed by atoms with Crippen molar-refractivity contribution in [1.82, 2.24) is 15.3 Å². The van der Waals surface area contributed by atoms with Crippen molar-refractivity contribution in [2.75, 3.05) is 0 Å². The molecule has 6 heteroatoms. The molecule has 0 unspecified atom stereocenters. The van der Waals surface area contributed by atoms with Crippen LogP contribution in [0.25, 0.3) is 11.0 Å². The molecular weight excluding hydrogens is 270 g/mol. The number of carbonyl (C=O) groups is 2. The first kappa shape index (κ1) is 13.5. The van der Waals surface area contributed by atoms with E-state index >= 15 is 0 Å². The lowest BCUT2D eigenvalue weighted by Gasteiger charge is -2.11. The van der Waals surface area contributed by atoms with E-state index in [9.17, 15) is 9.59 Å². The SMILES string of the molecule is Cc1nc2ccccc2nc1COC(=O)[C@@H]1CCC(=O)N1. The second kappa shape index (κ2) is 5.47. The van der Waals surface area contributed by atoms with Crippen molar-refractivity contribution in [2.45, 2.75) is 32.4 Å². The highest BCUT2D eigenvalue weighted by Crippen LogP contribution is 2.14. The summed E-state index contributed by atoms with van der Waals surface area (Å²) in [5.74, 6) is -0.533. The van der Waals surface area contributed by atoms with Gasteiger partial charge in [0.25, 0.3) is 0 Å². The molecule has 21 heavy (non-hydrogen) atoms. The number of esters is 1. The van der Waals surface area contributed by atoms with Crippen molar-refractivity contribution in [3.05, 3.63) is 35.7 Å². The quantitative estimate of drug-likeness (QED) is 0.859. The topological polar surface area (TPSA) is 81.2 Å². The molecule has 0 spiro atoms. The fourth-order valence-corrected chi connectivity index (χ4v) is 2.29. The number of hydrogen-bond donors (Lipinski definition) is 1. The summed E-state index contributed by atoms with van der Waals surface area (Å²) in [6, 6.07) is 7.00. The first-order valence-electron chi connectivity index (χ1n) is 6.82. The van der Waals surface area contributed by atoms with E-state index in [1.165, 1.54) is 0 Å². The van der Waals surface area contributed by atoms with Crippen LogP contribution < -0.4 is 5.32 Å². The largest absolute Gasteiger partial charge is 0.458 e. The van der Waals surface area contributed by atoms with Gasteiger partial charge in [-0.2, -0.15) is 0 Å². The number of aryl methyl sites for hydroxylation is 1. The second-order valence-corrected chi connectivity index (χ2v) is 5.01. The van der Waals surface area contributed by atoms with Crippen LogP contribution in [0.5, 0.6) is 0 Å². The minimum absolute atomic E-state index is 0.0644. The predicted octanol–water partition coefficient (Wildman–Crippen LogP) is 1.26. The molecule has 1 fully saturated rings. The van der Waals surface area contributed by atoms with Crippen LogP contribution in [0.2, 0.25) is 0 Å². The Morgan fingerprint density at radius 2 is 2.05 bits per heavy atom. The average molecular weight is 285 g/mol. The summed E-state index contributed by atoms with van der Waals surface area (Å²) in [7, 11) is 0. The smallest absolute Gasteiger partial charge is 0.329 e. The van der Waals surface area contributed by atoms with Crippen LogP contribution in [0, 0.1) is 6.92 Å². The van der Waals surface area contributed by atoms with Crippen LogP contribution in [-0.2, 0) is 20.9 Å². The summed E-state index contributed by atoms with van der Waals surface area (Å²) in [6.07, 6.45) is 0.856. The third-order valence-electron chi connectivity index (χ3n) is 3.47. The number of nitrogens with one attached hydrogen (secondary N) is 1. The number of benzene rings is 1. The van der Waals surface area contributed by atoms with Crippen molar-refractivity contribution in [2.24, 2.45) is 0 Å². The fraction of sp³-hybridized carbons (Fsp3) is 0.333. The molecule has 0 radical (unpaired) electrons. The van der Waals surface area contributed by atoms with Gasteiger partial charge in [-0.15, -0.1) is 0 Å². The van der Waals surface area contributed by atoms with Crippen molar-refractivity contribution >= 4 is 22.9 Å². The number of carbonyl (C=O) groups excluding carboxylic acids is 2. The van der Waals surface area contributed by atoms with Gasteiger partial charge in [0.15, 0.2) is 0 Å². The van der Waals surface area contributed by atoms with Gasteiger partial charge in [0, 0.05) is 6.42 Å². The Bertz CT molecular complexity index is 714. The lowest BCUT2D eigenvalue weighted by molar-refractivity contribution is -0.147. The molecule has 1 N–H and O–H groups in total. The Labute approximate surface area is 121 Å². The summed E-state index contributed by atoms with van der Waals surface area (Å²) in [5.41, 5.74) is 2.94. The number of ether oxygens (including phenoxy) is 1. The highest BCUT2D eigenvalue weighted by molar-refractivity contribution is 5.88. The van der Waals surface area contributed by atoms with Gasteiger partial charge in [-0.25, -0.2) is 14.8 Å². The van der Waals surface area contributed by atoms with Crippen molar-refractivity contribution in [1.29, 1.82) is 0 Å². The number of amides is 1. The average Bonchev–Trinajstić information content (AvgIpc) is 2.91. The van der Waals surface area contributed by atoms with E-state index in [4.69, 9.17) is 4.74 Å². The third-order valence-corrected chi connectivity index (χ3v) is 3.47. The molecule has 1 atom stereocenters. The van der Waals surface area contributed by atoms with E-state index in [-0.39, 0.29) is 12.5 Å². The van der Waals surface area contributed by atoms with E-state index in [1.807, 2.05) is 31.2 Å². The molecule has 1 aromatic heterocycles. The van der Waals surface area contributed by atoms with E-state index in [2.05, 4.69) is 15.3 Å². The Morgan fingerprint density at radius 3 is 2.71 bits per heavy atom. The highest BCUT2D eigenvalue weighted by Gasteiger charge is 2.28. The molecule has 0 bridgehead atoms. The van der Waals surface area contributed by atoms with E-state index < -0.39 is 12.0 Å². The Morgan fingerprint density at radius 1 is 1.33 bits per heavy atom. The number of rotatable bonds is 3.